The average molecular weight is 505 g/mol. The lowest BCUT2D eigenvalue weighted by Gasteiger charge is -2.36. The molecule has 2 N–H and O–H groups in total. The summed E-state index contributed by atoms with van der Waals surface area (Å²) in [6, 6.07) is 9.19. The van der Waals surface area contributed by atoms with Crippen molar-refractivity contribution in [1.29, 1.82) is 0 Å². The summed E-state index contributed by atoms with van der Waals surface area (Å²) >= 11 is 0. The van der Waals surface area contributed by atoms with Crippen LogP contribution in [0.5, 0.6) is 0 Å². The molecule has 6 nitrogen and oxygen atoms in total. The van der Waals surface area contributed by atoms with E-state index in [0.29, 0.717) is 31.6 Å². The van der Waals surface area contributed by atoms with Crippen LogP contribution in [-0.4, -0.2) is 71.3 Å². The Bertz CT molecular complexity index is 1060. The molecule has 9 heteroatoms. The number of aliphatic hydroxyl groups excluding tert-OH is 1. The highest BCUT2D eigenvalue weighted by Gasteiger charge is 2.47. The number of alkyl halides is 3. The van der Waals surface area contributed by atoms with Crippen LogP contribution in [0.3, 0.4) is 0 Å². The predicted molar refractivity (Wildman–Crippen MR) is 133 cm³/mol. The summed E-state index contributed by atoms with van der Waals surface area (Å²) in [6.07, 6.45) is -1.18. The molecule has 0 radical (unpaired) electrons. The number of carbonyl (C=O) groups is 1. The fraction of sp³-hybridized carbons (Fsp3) is 0.556. The van der Waals surface area contributed by atoms with Gasteiger partial charge >= 0.3 is 6.18 Å². The maximum absolute atomic E-state index is 14.2. The third-order valence-electron chi connectivity index (χ3n) is 7.73. The Hall–Kier alpha value is -2.65. The highest BCUT2D eigenvalue weighted by atomic mass is 19.4. The largest absolute Gasteiger partial charge is 0.414 e. The van der Waals surface area contributed by atoms with Gasteiger partial charge in [-0.05, 0) is 49.1 Å². The third kappa shape index (κ3) is 5.37. The van der Waals surface area contributed by atoms with Gasteiger partial charge in [-0.25, -0.2) is 0 Å². The Labute approximate surface area is 210 Å². The van der Waals surface area contributed by atoms with Crippen molar-refractivity contribution >= 4 is 11.6 Å². The summed E-state index contributed by atoms with van der Waals surface area (Å²) in [7, 11) is 1.21. The van der Waals surface area contributed by atoms with Crippen molar-refractivity contribution in [3.05, 3.63) is 59.4 Å². The van der Waals surface area contributed by atoms with Crippen LogP contribution in [0.15, 0.2) is 42.6 Å². The number of likely N-dealkylation sites (tertiary alicyclic amines) is 1. The first-order chi connectivity index (χ1) is 17.0. The number of amides is 1. The monoisotopic (exact) mass is 504 g/mol. The number of hydrogen-bond acceptors (Lipinski definition) is 5. The summed E-state index contributed by atoms with van der Waals surface area (Å²) in [5.41, 5.74) is 2.83. The minimum absolute atomic E-state index is 0.0453. The van der Waals surface area contributed by atoms with Crippen molar-refractivity contribution in [1.82, 2.24) is 14.8 Å². The van der Waals surface area contributed by atoms with Crippen LogP contribution in [0.4, 0.5) is 18.9 Å². The van der Waals surface area contributed by atoms with Crippen molar-refractivity contribution in [2.75, 3.05) is 38.6 Å². The number of pyridine rings is 1. The van der Waals surface area contributed by atoms with E-state index in [-0.39, 0.29) is 23.8 Å². The fourth-order valence-electron chi connectivity index (χ4n) is 5.68. The summed E-state index contributed by atoms with van der Waals surface area (Å²) in [5, 5.41) is 12.6. The number of β-amino-alcohol motifs (C(OH)–C–C–N with tert-alkyl or cyclic N) is 1. The number of anilines is 1. The Morgan fingerprint density at radius 2 is 2.03 bits per heavy atom. The number of rotatable bonds is 7. The number of nitrogens with one attached hydrogen (secondary N) is 1. The van der Waals surface area contributed by atoms with Gasteiger partial charge < -0.3 is 20.2 Å². The molecule has 3 atom stereocenters. The zero-order valence-corrected chi connectivity index (χ0v) is 21.1. The highest BCUT2D eigenvalue weighted by Crippen LogP contribution is 2.41. The Balaban J connectivity index is 1.49. The van der Waals surface area contributed by atoms with E-state index in [1.807, 2.05) is 17.0 Å². The first-order valence-corrected chi connectivity index (χ1v) is 12.5. The van der Waals surface area contributed by atoms with E-state index in [9.17, 15) is 23.1 Å². The smallest absolute Gasteiger partial charge is 0.395 e. The van der Waals surface area contributed by atoms with E-state index in [0.717, 1.165) is 17.9 Å². The average Bonchev–Trinajstić information content (AvgIpc) is 3.09. The number of carbonyl (C=O) groups excluding carboxylic acids is 1. The molecule has 1 aliphatic heterocycles. The van der Waals surface area contributed by atoms with E-state index in [1.165, 1.54) is 30.4 Å². The number of aromatic nitrogens is 1. The van der Waals surface area contributed by atoms with Crippen LogP contribution in [0.1, 0.15) is 49.6 Å². The number of halogens is 3. The van der Waals surface area contributed by atoms with Crippen molar-refractivity contribution in [2.24, 2.45) is 5.92 Å². The lowest BCUT2D eigenvalue weighted by Crippen LogP contribution is -2.48. The molecule has 1 aromatic carbocycles. The molecule has 0 spiro atoms. The molecule has 0 saturated carbocycles. The predicted octanol–water partition coefficient (Wildman–Crippen LogP) is 4.16. The van der Waals surface area contributed by atoms with E-state index < -0.39 is 24.0 Å². The van der Waals surface area contributed by atoms with Crippen LogP contribution < -0.4 is 5.32 Å². The van der Waals surface area contributed by atoms with E-state index in [1.54, 1.807) is 6.07 Å². The van der Waals surface area contributed by atoms with Crippen molar-refractivity contribution in [3.63, 3.8) is 0 Å². The van der Waals surface area contributed by atoms with Gasteiger partial charge in [0.05, 0.1) is 30.1 Å². The maximum Gasteiger partial charge on any atom is 0.414 e. The molecule has 1 amide bonds. The highest BCUT2D eigenvalue weighted by molar-refractivity contribution is 5.79. The molecule has 2 aliphatic rings. The van der Waals surface area contributed by atoms with Gasteiger partial charge in [0.2, 0.25) is 5.91 Å². The van der Waals surface area contributed by atoms with Gasteiger partial charge in [-0.15, -0.1) is 0 Å². The second-order valence-corrected chi connectivity index (χ2v) is 10.5. The number of nitrogens with zero attached hydrogens (tertiary/aromatic N) is 3. The van der Waals surface area contributed by atoms with Crippen molar-refractivity contribution in [3.8, 4) is 0 Å². The molecular weight excluding hydrogens is 469 g/mol. The summed E-state index contributed by atoms with van der Waals surface area (Å²) in [4.78, 5) is 20.0. The molecule has 196 valence electrons. The second kappa shape index (κ2) is 10.4. The van der Waals surface area contributed by atoms with Crippen molar-refractivity contribution < 1.29 is 23.1 Å². The molecule has 2 unspecified atom stereocenters. The minimum Gasteiger partial charge on any atom is -0.395 e. The molecule has 1 saturated heterocycles. The molecule has 1 aromatic heterocycles. The van der Waals surface area contributed by atoms with E-state index in [2.05, 4.69) is 36.3 Å². The zero-order chi connectivity index (χ0) is 26.1. The Morgan fingerprint density at radius 1 is 1.28 bits per heavy atom. The van der Waals surface area contributed by atoms with Gasteiger partial charge in [0.25, 0.3) is 0 Å². The summed E-state index contributed by atoms with van der Waals surface area (Å²) < 4.78 is 42.5. The van der Waals surface area contributed by atoms with Gasteiger partial charge in [0, 0.05) is 31.6 Å². The molecule has 0 bridgehead atoms. The van der Waals surface area contributed by atoms with E-state index >= 15 is 0 Å². The first kappa shape index (κ1) is 26.4. The zero-order valence-electron chi connectivity index (χ0n) is 21.1. The van der Waals surface area contributed by atoms with Crippen molar-refractivity contribution in [2.45, 2.75) is 56.8 Å². The normalized spacial score (nSPS) is 22.6. The second-order valence-electron chi connectivity index (χ2n) is 10.5. The standard InChI is InChI=1S/C27H35F3N4O2/c1-26(2)21-9-5-4-7-18(21)15-23(26)32-20-10-11-22(31-16-20)24(27(28,29)30)33(3)25(36)19-8-6-12-34(17-19)13-14-35/h4-5,7,9-11,16,19,23-24,32,35H,6,8,12-15,17H2,1-3H3/t19?,23?,24-/m0/s1. The van der Waals surface area contributed by atoms with Gasteiger partial charge in [-0.1, -0.05) is 38.1 Å². The van der Waals surface area contributed by atoms with Crippen LogP contribution >= 0.6 is 0 Å². The lowest BCUT2D eigenvalue weighted by atomic mass is 9.83. The molecule has 2 heterocycles. The number of benzene rings is 1. The number of aliphatic hydroxyl groups is 1. The summed E-state index contributed by atoms with van der Waals surface area (Å²) in [5.74, 6) is -1.08. The number of piperidine rings is 1. The molecule has 36 heavy (non-hydrogen) atoms. The topological polar surface area (TPSA) is 68.7 Å². The Morgan fingerprint density at radius 3 is 2.67 bits per heavy atom. The molecule has 2 aromatic rings. The molecule has 1 fully saturated rings. The molecule has 4 rings (SSSR count). The lowest BCUT2D eigenvalue weighted by molar-refractivity contribution is -0.192. The third-order valence-corrected chi connectivity index (χ3v) is 7.73. The minimum atomic E-state index is -4.67. The van der Waals surface area contributed by atoms with Crippen LogP contribution in [0.2, 0.25) is 0 Å². The summed E-state index contributed by atoms with van der Waals surface area (Å²) in [6.45, 7) is 5.77. The molecule has 1 aliphatic carbocycles. The SMILES string of the molecule is CN(C(=O)C1CCCN(CCO)C1)[C@@H](c1ccc(NC2Cc3ccccc3C2(C)C)cn1)C(F)(F)F. The van der Waals surface area contributed by atoms with Crippen LogP contribution in [0, 0.1) is 5.92 Å². The quantitative estimate of drug-likeness (QED) is 0.593. The van der Waals surface area contributed by atoms with Gasteiger partial charge in [0.1, 0.15) is 0 Å². The maximum atomic E-state index is 14.2. The molecular formula is C27H35F3N4O2. The number of hydrogen-bond donors (Lipinski definition) is 2. The van der Waals surface area contributed by atoms with Gasteiger partial charge in [-0.2, -0.15) is 13.2 Å². The van der Waals surface area contributed by atoms with Crippen LogP contribution in [-0.2, 0) is 16.6 Å². The van der Waals surface area contributed by atoms with Gasteiger partial charge in [-0.3, -0.25) is 9.78 Å². The van der Waals surface area contributed by atoms with Crippen LogP contribution in [0.25, 0.3) is 0 Å². The fourth-order valence-corrected chi connectivity index (χ4v) is 5.68. The van der Waals surface area contributed by atoms with Gasteiger partial charge in [0.15, 0.2) is 6.04 Å². The number of fused-ring (bicyclic) bond motifs is 1. The van der Waals surface area contributed by atoms with E-state index in [4.69, 9.17) is 0 Å². The first-order valence-electron chi connectivity index (χ1n) is 12.5. The Kier molecular flexibility index (Phi) is 7.61.